The van der Waals surface area contributed by atoms with Crippen LogP contribution in [0.15, 0.2) is 54.9 Å². The van der Waals surface area contributed by atoms with Crippen LogP contribution in [-0.2, 0) is 6.54 Å². The van der Waals surface area contributed by atoms with Crippen molar-refractivity contribution in [2.45, 2.75) is 6.54 Å². The van der Waals surface area contributed by atoms with Crippen LogP contribution in [0.4, 0.5) is 23.0 Å². The molecule has 2 aromatic carbocycles. The fourth-order valence-electron chi connectivity index (χ4n) is 2.66. The highest BCUT2D eigenvalue weighted by Gasteiger charge is 2.13. The SMILES string of the molecule is NCc1cccc(Nc2n[nH]c3ncnc(Nc4cccc(Cl)c4)c23)c1. The maximum absolute atomic E-state index is 6.06. The molecule has 130 valence electrons. The molecule has 0 aliphatic heterocycles. The Morgan fingerprint density at radius 3 is 2.54 bits per heavy atom. The lowest BCUT2D eigenvalue weighted by atomic mass is 10.2. The predicted octanol–water partition coefficient (Wildman–Crippen LogP) is 3.95. The van der Waals surface area contributed by atoms with Crippen LogP contribution in [0, 0.1) is 0 Å². The van der Waals surface area contributed by atoms with E-state index in [1.165, 1.54) is 6.33 Å². The molecule has 5 N–H and O–H groups in total. The van der Waals surface area contributed by atoms with Crippen LogP contribution in [0.2, 0.25) is 5.02 Å². The second kappa shape index (κ2) is 6.99. The molecule has 0 unspecified atom stereocenters. The van der Waals surface area contributed by atoms with Crippen LogP contribution >= 0.6 is 11.6 Å². The largest absolute Gasteiger partial charge is 0.339 e. The van der Waals surface area contributed by atoms with Gasteiger partial charge in [0.1, 0.15) is 17.5 Å². The topological polar surface area (TPSA) is 105 Å². The summed E-state index contributed by atoms with van der Waals surface area (Å²) in [7, 11) is 0. The zero-order valence-corrected chi connectivity index (χ0v) is 14.5. The normalized spacial score (nSPS) is 10.8. The van der Waals surface area contributed by atoms with E-state index >= 15 is 0 Å². The number of halogens is 1. The van der Waals surface area contributed by atoms with Crippen molar-refractivity contribution in [1.29, 1.82) is 0 Å². The number of hydrogen-bond acceptors (Lipinski definition) is 6. The molecule has 0 atom stereocenters. The number of nitrogens with one attached hydrogen (secondary N) is 3. The molecule has 0 saturated carbocycles. The van der Waals surface area contributed by atoms with Crippen LogP contribution < -0.4 is 16.4 Å². The molecule has 0 amide bonds. The lowest BCUT2D eigenvalue weighted by Gasteiger charge is -2.09. The summed E-state index contributed by atoms with van der Waals surface area (Å²) in [6.45, 7) is 0.474. The maximum atomic E-state index is 6.06. The Morgan fingerprint density at radius 1 is 0.962 bits per heavy atom. The molecule has 4 aromatic rings. The second-order valence-electron chi connectivity index (χ2n) is 5.68. The molecule has 0 bridgehead atoms. The number of H-pyrrole nitrogens is 1. The van der Waals surface area contributed by atoms with Gasteiger partial charge in [-0.25, -0.2) is 9.97 Å². The Bertz CT molecular complexity index is 1060. The highest BCUT2D eigenvalue weighted by atomic mass is 35.5. The van der Waals surface area contributed by atoms with E-state index in [2.05, 4.69) is 30.8 Å². The fraction of sp³-hybridized carbons (Fsp3) is 0.0556. The van der Waals surface area contributed by atoms with Crippen molar-refractivity contribution in [3.63, 3.8) is 0 Å². The Morgan fingerprint density at radius 2 is 1.73 bits per heavy atom. The summed E-state index contributed by atoms with van der Waals surface area (Å²) in [5, 5.41) is 15.2. The third kappa shape index (κ3) is 3.30. The van der Waals surface area contributed by atoms with Crippen molar-refractivity contribution in [2.24, 2.45) is 5.73 Å². The number of fused-ring (bicyclic) bond motifs is 1. The lowest BCUT2D eigenvalue weighted by Crippen LogP contribution is -1.99. The molecule has 26 heavy (non-hydrogen) atoms. The van der Waals surface area contributed by atoms with Crippen molar-refractivity contribution in [3.05, 3.63) is 65.4 Å². The Balaban J connectivity index is 1.72. The standard InChI is InChI=1S/C18H16ClN7/c19-12-4-2-6-14(8-12)23-16-15-17(22-10-21-16)25-26-18(15)24-13-5-1-3-11(7-13)9-20/h1-8,10H,9,20H2,(H3,21,22,23,24,25,26). The van der Waals surface area contributed by atoms with Crippen LogP contribution in [-0.4, -0.2) is 20.2 Å². The van der Waals surface area contributed by atoms with Gasteiger partial charge in [0.25, 0.3) is 0 Å². The van der Waals surface area contributed by atoms with E-state index in [9.17, 15) is 0 Å². The third-order valence-corrected chi connectivity index (χ3v) is 4.11. The molecule has 0 spiro atoms. The molecule has 7 nitrogen and oxygen atoms in total. The van der Waals surface area contributed by atoms with Crippen LogP contribution in [0.5, 0.6) is 0 Å². The fourth-order valence-corrected chi connectivity index (χ4v) is 2.85. The van der Waals surface area contributed by atoms with Gasteiger partial charge >= 0.3 is 0 Å². The number of anilines is 4. The minimum absolute atomic E-state index is 0.474. The zero-order chi connectivity index (χ0) is 17.9. The molecule has 8 heteroatoms. The maximum Gasteiger partial charge on any atom is 0.165 e. The number of benzene rings is 2. The van der Waals surface area contributed by atoms with Gasteiger partial charge in [-0.2, -0.15) is 5.10 Å². The molecule has 0 radical (unpaired) electrons. The van der Waals surface area contributed by atoms with Gasteiger partial charge < -0.3 is 16.4 Å². The Hall–Kier alpha value is -3.16. The second-order valence-corrected chi connectivity index (χ2v) is 6.12. The number of aromatic amines is 1. The molecule has 0 fully saturated rings. The minimum Gasteiger partial charge on any atom is -0.339 e. The summed E-state index contributed by atoms with van der Waals surface area (Å²) < 4.78 is 0. The van der Waals surface area contributed by atoms with E-state index < -0.39 is 0 Å². The number of rotatable bonds is 5. The van der Waals surface area contributed by atoms with Gasteiger partial charge in [0, 0.05) is 22.9 Å². The summed E-state index contributed by atoms with van der Waals surface area (Å²) in [5.41, 5.74) is 9.09. The Labute approximate surface area is 154 Å². The van der Waals surface area contributed by atoms with E-state index in [0.29, 0.717) is 28.9 Å². The first-order valence-corrected chi connectivity index (χ1v) is 8.38. The van der Waals surface area contributed by atoms with Gasteiger partial charge in [-0.1, -0.05) is 29.8 Å². The van der Waals surface area contributed by atoms with Crippen LogP contribution in [0.25, 0.3) is 11.0 Å². The van der Waals surface area contributed by atoms with Crippen molar-refractivity contribution in [3.8, 4) is 0 Å². The average Bonchev–Trinajstić information content (AvgIpc) is 3.06. The van der Waals surface area contributed by atoms with Crippen molar-refractivity contribution in [2.75, 3.05) is 10.6 Å². The highest BCUT2D eigenvalue weighted by molar-refractivity contribution is 6.30. The summed E-state index contributed by atoms with van der Waals surface area (Å²) in [5.74, 6) is 1.25. The van der Waals surface area contributed by atoms with Gasteiger partial charge in [0.05, 0.1) is 0 Å². The first kappa shape index (κ1) is 16.3. The molecule has 0 aliphatic rings. The number of aromatic nitrogens is 4. The molecular formula is C18H16ClN7. The summed E-state index contributed by atoms with van der Waals surface area (Å²) in [4.78, 5) is 8.60. The van der Waals surface area contributed by atoms with E-state index in [1.54, 1.807) is 0 Å². The molecule has 2 heterocycles. The first-order valence-electron chi connectivity index (χ1n) is 8.00. The molecular weight excluding hydrogens is 350 g/mol. The molecule has 2 aromatic heterocycles. The molecule has 0 aliphatic carbocycles. The predicted molar refractivity (Wildman–Crippen MR) is 104 cm³/mol. The van der Waals surface area contributed by atoms with E-state index in [4.69, 9.17) is 17.3 Å². The van der Waals surface area contributed by atoms with Crippen molar-refractivity contribution < 1.29 is 0 Å². The lowest BCUT2D eigenvalue weighted by molar-refractivity contribution is 1.07. The molecule has 4 rings (SSSR count). The number of hydrogen-bond donors (Lipinski definition) is 4. The van der Waals surface area contributed by atoms with Gasteiger partial charge in [0.2, 0.25) is 0 Å². The summed E-state index contributed by atoms with van der Waals surface area (Å²) in [6, 6.07) is 15.3. The van der Waals surface area contributed by atoms with E-state index in [1.807, 2.05) is 48.5 Å². The summed E-state index contributed by atoms with van der Waals surface area (Å²) >= 11 is 6.06. The quantitative estimate of drug-likeness (QED) is 0.427. The van der Waals surface area contributed by atoms with Crippen molar-refractivity contribution >= 4 is 45.6 Å². The minimum atomic E-state index is 0.474. The molecule has 0 saturated heterocycles. The van der Waals surface area contributed by atoms with Gasteiger partial charge in [-0.3, -0.25) is 5.10 Å². The zero-order valence-electron chi connectivity index (χ0n) is 13.7. The van der Waals surface area contributed by atoms with E-state index in [-0.39, 0.29) is 0 Å². The van der Waals surface area contributed by atoms with Crippen LogP contribution in [0.1, 0.15) is 5.56 Å². The van der Waals surface area contributed by atoms with Crippen molar-refractivity contribution in [1.82, 2.24) is 20.2 Å². The monoisotopic (exact) mass is 365 g/mol. The highest BCUT2D eigenvalue weighted by Crippen LogP contribution is 2.30. The number of nitrogens with zero attached hydrogens (tertiary/aromatic N) is 3. The van der Waals surface area contributed by atoms with Gasteiger partial charge in [-0.05, 0) is 35.9 Å². The van der Waals surface area contributed by atoms with Gasteiger partial charge in [0.15, 0.2) is 11.5 Å². The first-order chi connectivity index (χ1) is 12.7. The summed E-state index contributed by atoms with van der Waals surface area (Å²) in [6.07, 6.45) is 1.48. The third-order valence-electron chi connectivity index (χ3n) is 3.87. The van der Waals surface area contributed by atoms with Crippen LogP contribution in [0.3, 0.4) is 0 Å². The van der Waals surface area contributed by atoms with E-state index in [0.717, 1.165) is 22.3 Å². The Kier molecular flexibility index (Phi) is 4.39. The smallest absolute Gasteiger partial charge is 0.165 e. The van der Waals surface area contributed by atoms with Gasteiger partial charge in [-0.15, -0.1) is 0 Å². The number of nitrogens with two attached hydrogens (primary N) is 1. The average molecular weight is 366 g/mol.